The fourth-order valence-corrected chi connectivity index (χ4v) is 4.19. The summed E-state index contributed by atoms with van der Waals surface area (Å²) in [5, 5.41) is 0. The third kappa shape index (κ3) is 3.42. The van der Waals surface area contributed by atoms with E-state index in [1.807, 2.05) is 53.1 Å². The third-order valence-electron chi connectivity index (χ3n) is 4.91. The van der Waals surface area contributed by atoms with Gasteiger partial charge in [-0.2, -0.15) is 0 Å². The van der Waals surface area contributed by atoms with Gasteiger partial charge >= 0.3 is 5.97 Å². The zero-order valence-electron chi connectivity index (χ0n) is 15.5. The van der Waals surface area contributed by atoms with Crippen LogP contribution >= 0.6 is 15.9 Å². The van der Waals surface area contributed by atoms with E-state index < -0.39 is 0 Å². The number of rotatable bonds is 5. The summed E-state index contributed by atoms with van der Waals surface area (Å²) in [4.78, 5) is 31.4. The summed E-state index contributed by atoms with van der Waals surface area (Å²) < 4.78 is 7.90. The first-order valence-corrected chi connectivity index (χ1v) is 10.0. The van der Waals surface area contributed by atoms with Gasteiger partial charge in [-0.1, -0.05) is 24.3 Å². The molecule has 0 aliphatic carbocycles. The van der Waals surface area contributed by atoms with Gasteiger partial charge in [0.25, 0.3) is 0 Å². The van der Waals surface area contributed by atoms with E-state index in [9.17, 15) is 9.59 Å². The number of aromatic nitrogens is 2. The number of amides is 1. The van der Waals surface area contributed by atoms with Crippen LogP contribution in [-0.4, -0.2) is 34.6 Å². The lowest BCUT2D eigenvalue weighted by Crippen LogP contribution is -2.25. The van der Waals surface area contributed by atoms with Gasteiger partial charge in [-0.25, -0.2) is 4.98 Å². The smallest absolute Gasteiger partial charge is 0.326 e. The molecule has 0 saturated carbocycles. The number of nitrogens with zero attached hydrogens (tertiary/aromatic N) is 3. The lowest BCUT2D eigenvalue weighted by atomic mass is 10.1. The molecule has 0 radical (unpaired) electrons. The summed E-state index contributed by atoms with van der Waals surface area (Å²) in [6.45, 7) is 2.73. The van der Waals surface area contributed by atoms with Crippen molar-refractivity contribution in [3.05, 3.63) is 58.8 Å². The second kappa shape index (κ2) is 7.75. The molecule has 1 fully saturated rings. The molecular formula is C21H20BrN3O3. The minimum Gasteiger partial charge on any atom is -0.465 e. The number of anilines is 1. The van der Waals surface area contributed by atoms with Crippen LogP contribution in [0.25, 0.3) is 11.0 Å². The van der Waals surface area contributed by atoms with Crippen molar-refractivity contribution < 1.29 is 14.3 Å². The first-order chi connectivity index (χ1) is 13.6. The molecule has 1 atom stereocenters. The zero-order chi connectivity index (χ0) is 19.7. The average molecular weight is 442 g/mol. The maximum atomic E-state index is 12.7. The first-order valence-electron chi connectivity index (χ1n) is 9.24. The van der Waals surface area contributed by atoms with Gasteiger partial charge in [-0.15, -0.1) is 0 Å². The number of benzene rings is 2. The Kier molecular flexibility index (Phi) is 5.17. The van der Waals surface area contributed by atoms with Gasteiger partial charge in [0.2, 0.25) is 5.91 Å². The molecule has 0 spiro atoms. The summed E-state index contributed by atoms with van der Waals surface area (Å²) in [6.07, 6.45) is 0.355. The van der Waals surface area contributed by atoms with Gasteiger partial charge in [0.05, 0.1) is 23.3 Å². The summed E-state index contributed by atoms with van der Waals surface area (Å²) in [5.41, 5.74) is 2.54. The Morgan fingerprint density at radius 1 is 1.21 bits per heavy atom. The number of hydrogen-bond acceptors (Lipinski definition) is 4. The van der Waals surface area contributed by atoms with Crippen molar-refractivity contribution in [2.45, 2.75) is 25.8 Å². The van der Waals surface area contributed by atoms with Crippen LogP contribution in [-0.2, 0) is 20.9 Å². The fraction of sp³-hybridized carbons (Fsp3) is 0.286. The average Bonchev–Trinajstić information content (AvgIpc) is 3.23. The molecule has 7 heteroatoms. The maximum Gasteiger partial charge on any atom is 0.326 e. The van der Waals surface area contributed by atoms with E-state index >= 15 is 0 Å². The highest BCUT2D eigenvalue weighted by Gasteiger charge is 2.35. The largest absolute Gasteiger partial charge is 0.465 e. The van der Waals surface area contributed by atoms with E-state index in [4.69, 9.17) is 9.72 Å². The Hall–Kier alpha value is -2.67. The molecule has 0 N–H and O–H groups in total. The van der Waals surface area contributed by atoms with Gasteiger partial charge in [0.1, 0.15) is 12.4 Å². The van der Waals surface area contributed by atoms with Crippen molar-refractivity contribution in [3.8, 4) is 0 Å². The van der Waals surface area contributed by atoms with E-state index in [1.54, 1.807) is 11.8 Å². The number of fused-ring (bicyclic) bond motifs is 1. The highest BCUT2D eigenvalue weighted by Crippen LogP contribution is 2.36. The number of halogens is 1. The Labute approximate surface area is 171 Å². The highest BCUT2D eigenvalue weighted by atomic mass is 79.9. The molecule has 1 aliphatic rings. The maximum absolute atomic E-state index is 12.7. The topological polar surface area (TPSA) is 64.4 Å². The molecule has 28 heavy (non-hydrogen) atoms. The van der Waals surface area contributed by atoms with Crippen LogP contribution in [0.2, 0.25) is 0 Å². The quantitative estimate of drug-likeness (QED) is 0.563. The Bertz CT molecular complexity index is 1050. The molecule has 6 nitrogen and oxygen atoms in total. The molecule has 4 rings (SSSR count). The molecule has 3 aromatic rings. The molecule has 2 heterocycles. The molecule has 144 valence electrons. The second-order valence-electron chi connectivity index (χ2n) is 6.71. The van der Waals surface area contributed by atoms with E-state index in [2.05, 4.69) is 15.9 Å². The van der Waals surface area contributed by atoms with Gasteiger partial charge in [0.15, 0.2) is 0 Å². The minimum absolute atomic E-state index is 0.0478. The number of ether oxygens (including phenoxy) is 1. The van der Waals surface area contributed by atoms with Gasteiger partial charge in [0, 0.05) is 23.4 Å². The summed E-state index contributed by atoms with van der Waals surface area (Å²) in [6, 6.07) is 15.4. The lowest BCUT2D eigenvalue weighted by Gasteiger charge is -2.18. The van der Waals surface area contributed by atoms with Crippen LogP contribution in [0.3, 0.4) is 0 Å². The number of para-hydroxylation sites is 3. The summed E-state index contributed by atoms with van der Waals surface area (Å²) in [7, 11) is 0. The lowest BCUT2D eigenvalue weighted by molar-refractivity contribution is -0.143. The monoisotopic (exact) mass is 441 g/mol. The zero-order valence-corrected chi connectivity index (χ0v) is 17.1. The van der Waals surface area contributed by atoms with Crippen molar-refractivity contribution in [2.24, 2.45) is 0 Å². The highest BCUT2D eigenvalue weighted by molar-refractivity contribution is 9.10. The van der Waals surface area contributed by atoms with Gasteiger partial charge < -0.3 is 14.2 Å². The molecular weight excluding hydrogens is 422 g/mol. The third-order valence-corrected chi connectivity index (χ3v) is 5.58. The molecule has 1 aliphatic heterocycles. The van der Waals surface area contributed by atoms with Crippen molar-refractivity contribution in [1.29, 1.82) is 0 Å². The van der Waals surface area contributed by atoms with Crippen molar-refractivity contribution in [2.75, 3.05) is 18.1 Å². The normalized spacial score (nSPS) is 16.7. The molecule has 1 aromatic heterocycles. The predicted octanol–water partition coefficient (Wildman–Crippen LogP) is 3.88. The Morgan fingerprint density at radius 3 is 2.75 bits per heavy atom. The number of carbonyl (C=O) groups excluding carboxylic acids is 2. The molecule has 0 bridgehead atoms. The Balaban J connectivity index is 1.70. The predicted molar refractivity (Wildman–Crippen MR) is 110 cm³/mol. The van der Waals surface area contributed by atoms with Crippen molar-refractivity contribution in [1.82, 2.24) is 9.55 Å². The number of esters is 1. The Morgan fingerprint density at radius 2 is 1.96 bits per heavy atom. The van der Waals surface area contributed by atoms with E-state index in [0.29, 0.717) is 19.6 Å². The minimum atomic E-state index is -0.307. The van der Waals surface area contributed by atoms with Crippen LogP contribution in [0.1, 0.15) is 25.1 Å². The van der Waals surface area contributed by atoms with Crippen molar-refractivity contribution in [3.63, 3.8) is 0 Å². The van der Waals surface area contributed by atoms with Crippen LogP contribution < -0.4 is 4.90 Å². The van der Waals surface area contributed by atoms with Crippen LogP contribution in [0, 0.1) is 0 Å². The van der Waals surface area contributed by atoms with E-state index in [0.717, 1.165) is 27.0 Å². The first kappa shape index (κ1) is 18.7. The summed E-state index contributed by atoms with van der Waals surface area (Å²) in [5.74, 6) is 0.393. The van der Waals surface area contributed by atoms with E-state index in [1.165, 1.54) is 0 Å². The van der Waals surface area contributed by atoms with Crippen LogP contribution in [0.15, 0.2) is 53.0 Å². The van der Waals surface area contributed by atoms with Crippen molar-refractivity contribution >= 4 is 44.5 Å². The molecule has 1 amide bonds. The van der Waals surface area contributed by atoms with Crippen LogP contribution in [0.5, 0.6) is 0 Å². The molecule has 0 unspecified atom stereocenters. The fourth-order valence-electron chi connectivity index (χ4n) is 3.69. The number of imidazole rings is 1. The molecule has 1 saturated heterocycles. The van der Waals surface area contributed by atoms with Gasteiger partial charge in [-0.3, -0.25) is 9.59 Å². The van der Waals surface area contributed by atoms with Crippen LogP contribution in [0.4, 0.5) is 5.69 Å². The van der Waals surface area contributed by atoms with E-state index in [-0.39, 0.29) is 24.3 Å². The number of hydrogen-bond donors (Lipinski definition) is 0. The summed E-state index contributed by atoms with van der Waals surface area (Å²) >= 11 is 3.53. The van der Waals surface area contributed by atoms with Gasteiger partial charge in [-0.05, 0) is 47.1 Å². The second-order valence-corrected chi connectivity index (χ2v) is 7.56. The standard InChI is InChI=1S/C21H20BrN3O3/c1-2-28-20(27)13-25-18-10-6-4-8-16(18)23-21(25)14-11-19(26)24(12-14)17-9-5-3-7-15(17)22/h3-10,14H,2,11-13H2,1H3/t14-/m1/s1. The number of carbonyl (C=O) groups is 2. The SMILES string of the molecule is CCOC(=O)Cn1c([C@@H]2CC(=O)N(c3ccccc3Br)C2)nc2ccccc21. The molecule has 2 aromatic carbocycles.